The maximum atomic E-state index is 11.8. The Kier molecular flexibility index (Phi) is 6.01. The molecule has 0 atom stereocenters. The maximum Gasteiger partial charge on any atom is 0.222 e. The third-order valence-corrected chi connectivity index (χ3v) is 2.92. The van der Waals surface area contributed by atoms with E-state index in [2.05, 4.69) is 5.32 Å². The van der Waals surface area contributed by atoms with E-state index in [1.807, 2.05) is 38.4 Å². The third kappa shape index (κ3) is 5.20. The van der Waals surface area contributed by atoms with Gasteiger partial charge in [0, 0.05) is 31.6 Å². The number of likely N-dealkylation sites (N-methyl/N-ethyl adjacent to an activating group) is 2. The summed E-state index contributed by atoms with van der Waals surface area (Å²) in [5.41, 5.74) is 1.14. The van der Waals surface area contributed by atoms with E-state index in [0.717, 1.165) is 30.1 Å². The Morgan fingerprint density at radius 3 is 2.59 bits per heavy atom. The molecule has 0 aliphatic heterocycles. The average Bonchev–Trinajstić information content (AvgIpc) is 2.34. The summed E-state index contributed by atoms with van der Waals surface area (Å²) in [6.07, 6.45) is 1.31. The summed E-state index contributed by atoms with van der Waals surface area (Å²) in [6.45, 7) is 1.57. The van der Waals surface area contributed by atoms with E-state index in [-0.39, 0.29) is 5.91 Å². The van der Waals surface area contributed by atoms with Crippen LogP contribution in [0.25, 0.3) is 0 Å². The van der Waals surface area contributed by atoms with Crippen molar-refractivity contribution >= 4 is 17.5 Å². The Hall–Kier alpha value is -1.06. The predicted octanol–water partition coefficient (Wildman–Crippen LogP) is 1.95. The van der Waals surface area contributed by atoms with E-state index in [4.69, 9.17) is 11.6 Å². The third-order valence-electron chi connectivity index (χ3n) is 2.66. The van der Waals surface area contributed by atoms with E-state index in [1.165, 1.54) is 0 Å². The molecule has 0 spiro atoms. The van der Waals surface area contributed by atoms with Gasteiger partial charge in [-0.1, -0.05) is 23.7 Å². The van der Waals surface area contributed by atoms with Crippen LogP contribution in [0.2, 0.25) is 5.02 Å². The van der Waals surface area contributed by atoms with Crippen LogP contribution in [0.3, 0.4) is 0 Å². The molecule has 1 N–H and O–H groups in total. The summed E-state index contributed by atoms with van der Waals surface area (Å²) < 4.78 is 0. The summed E-state index contributed by atoms with van der Waals surface area (Å²) in [5.74, 6) is 0.176. The zero-order valence-electron chi connectivity index (χ0n) is 10.4. The van der Waals surface area contributed by atoms with Crippen molar-refractivity contribution in [3.05, 3.63) is 34.9 Å². The SMILES string of the molecule is CNCCN(C)C(=O)CCc1ccc(Cl)cc1. The van der Waals surface area contributed by atoms with Crippen molar-refractivity contribution in [3.63, 3.8) is 0 Å². The highest BCUT2D eigenvalue weighted by atomic mass is 35.5. The van der Waals surface area contributed by atoms with Crippen LogP contribution in [-0.2, 0) is 11.2 Å². The summed E-state index contributed by atoms with van der Waals surface area (Å²) in [5, 5.41) is 3.75. The molecule has 4 heteroatoms. The van der Waals surface area contributed by atoms with Crippen LogP contribution < -0.4 is 5.32 Å². The Morgan fingerprint density at radius 1 is 1.35 bits per heavy atom. The minimum absolute atomic E-state index is 0.176. The van der Waals surface area contributed by atoms with Gasteiger partial charge in [0.1, 0.15) is 0 Å². The molecular formula is C13H19ClN2O. The first kappa shape index (κ1) is 14.0. The van der Waals surface area contributed by atoms with E-state index in [9.17, 15) is 4.79 Å². The fourth-order valence-electron chi connectivity index (χ4n) is 1.50. The van der Waals surface area contributed by atoms with Crippen molar-refractivity contribution < 1.29 is 4.79 Å². The molecular weight excluding hydrogens is 236 g/mol. The van der Waals surface area contributed by atoms with Crippen molar-refractivity contribution in [2.75, 3.05) is 27.2 Å². The Balaban J connectivity index is 2.34. The number of nitrogens with zero attached hydrogens (tertiary/aromatic N) is 1. The van der Waals surface area contributed by atoms with Gasteiger partial charge in [-0.25, -0.2) is 0 Å². The molecule has 0 aliphatic carbocycles. The zero-order valence-corrected chi connectivity index (χ0v) is 11.1. The molecule has 3 nitrogen and oxygen atoms in total. The van der Waals surface area contributed by atoms with Crippen LogP contribution in [0.15, 0.2) is 24.3 Å². The average molecular weight is 255 g/mol. The molecule has 0 aliphatic rings. The molecule has 0 unspecified atom stereocenters. The maximum absolute atomic E-state index is 11.8. The lowest BCUT2D eigenvalue weighted by Crippen LogP contribution is -2.32. The molecule has 94 valence electrons. The second-order valence-electron chi connectivity index (χ2n) is 4.05. The second kappa shape index (κ2) is 7.30. The number of nitrogens with one attached hydrogen (secondary N) is 1. The number of halogens is 1. The fraction of sp³-hybridized carbons (Fsp3) is 0.462. The molecule has 0 heterocycles. The van der Waals surface area contributed by atoms with Crippen LogP contribution in [0.1, 0.15) is 12.0 Å². The zero-order chi connectivity index (χ0) is 12.7. The van der Waals surface area contributed by atoms with E-state index in [0.29, 0.717) is 6.42 Å². The van der Waals surface area contributed by atoms with Gasteiger partial charge in [0.2, 0.25) is 5.91 Å². The standard InChI is InChI=1S/C13H19ClN2O/c1-15-9-10-16(2)13(17)8-5-11-3-6-12(14)7-4-11/h3-4,6-7,15H,5,8-10H2,1-2H3. The second-order valence-corrected chi connectivity index (χ2v) is 4.48. The first-order valence-corrected chi connectivity index (χ1v) is 6.14. The van der Waals surface area contributed by atoms with Crippen molar-refractivity contribution in [1.82, 2.24) is 10.2 Å². The number of hydrogen-bond acceptors (Lipinski definition) is 2. The number of rotatable bonds is 6. The molecule has 0 fully saturated rings. The number of carbonyl (C=O) groups excluding carboxylic acids is 1. The summed E-state index contributed by atoms with van der Waals surface area (Å²) >= 11 is 5.80. The lowest BCUT2D eigenvalue weighted by molar-refractivity contribution is -0.129. The van der Waals surface area contributed by atoms with Crippen LogP contribution in [0, 0.1) is 0 Å². The number of carbonyl (C=O) groups is 1. The Labute approximate surface area is 108 Å². The van der Waals surface area contributed by atoms with Crippen LogP contribution in [0.4, 0.5) is 0 Å². The summed E-state index contributed by atoms with van der Waals surface area (Å²) in [6, 6.07) is 7.63. The van der Waals surface area contributed by atoms with Crippen molar-refractivity contribution in [3.8, 4) is 0 Å². The first-order valence-electron chi connectivity index (χ1n) is 5.76. The van der Waals surface area contributed by atoms with Gasteiger partial charge in [-0.2, -0.15) is 0 Å². The molecule has 1 aromatic carbocycles. The highest BCUT2D eigenvalue weighted by molar-refractivity contribution is 6.30. The summed E-state index contributed by atoms with van der Waals surface area (Å²) in [7, 11) is 3.72. The Morgan fingerprint density at radius 2 is 2.00 bits per heavy atom. The normalized spacial score (nSPS) is 10.3. The van der Waals surface area contributed by atoms with Gasteiger partial charge in [0.05, 0.1) is 0 Å². The monoisotopic (exact) mass is 254 g/mol. The molecule has 0 radical (unpaired) electrons. The van der Waals surface area contributed by atoms with E-state index >= 15 is 0 Å². The van der Waals surface area contributed by atoms with Gasteiger partial charge in [0.15, 0.2) is 0 Å². The minimum Gasteiger partial charge on any atom is -0.344 e. The molecule has 17 heavy (non-hydrogen) atoms. The number of aryl methyl sites for hydroxylation is 1. The van der Waals surface area contributed by atoms with Crippen LogP contribution >= 0.6 is 11.6 Å². The van der Waals surface area contributed by atoms with Gasteiger partial charge < -0.3 is 10.2 Å². The molecule has 0 saturated carbocycles. The molecule has 1 aromatic rings. The van der Waals surface area contributed by atoms with Crippen LogP contribution in [-0.4, -0.2) is 38.0 Å². The molecule has 1 rings (SSSR count). The minimum atomic E-state index is 0.176. The van der Waals surface area contributed by atoms with Gasteiger partial charge >= 0.3 is 0 Å². The predicted molar refractivity (Wildman–Crippen MR) is 71.3 cm³/mol. The Bertz CT molecular complexity index is 351. The van der Waals surface area contributed by atoms with Gasteiger partial charge in [-0.15, -0.1) is 0 Å². The highest BCUT2D eigenvalue weighted by Gasteiger charge is 2.07. The summed E-state index contributed by atoms with van der Waals surface area (Å²) in [4.78, 5) is 13.5. The lowest BCUT2D eigenvalue weighted by atomic mass is 10.1. The smallest absolute Gasteiger partial charge is 0.222 e. The van der Waals surface area contributed by atoms with E-state index < -0.39 is 0 Å². The topological polar surface area (TPSA) is 32.3 Å². The number of amides is 1. The number of hydrogen-bond donors (Lipinski definition) is 1. The molecule has 0 saturated heterocycles. The fourth-order valence-corrected chi connectivity index (χ4v) is 1.62. The number of benzene rings is 1. The van der Waals surface area contributed by atoms with Gasteiger partial charge in [0.25, 0.3) is 0 Å². The quantitative estimate of drug-likeness (QED) is 0.842. The van der Waals surface area contributed by atoms with Crippen molar-refractivity contribution in [2.24, 2.45) is 0 Å². The highest BCUT2D eigenvalue weighted by Crippen LogP contribution is 2.11. The molecule has 1 amide bonds. The van der Waals surface area contributed by atoms with Crippen LogP contribution in [0.5, 0.6) is 0 Å². The van der Waals surface area contributed by atoms with Gasteiger partial charge in [-0.3, -0.25) is 4.79 Å². The van der Waals surface area contributed by atoms with E-state index in [1.54, 1.807) is 4.90 Å². The van der Waals surface area contributed by atoms with Gasteiger partial charge in [-0.05, 0) is 31.2 Å². The van der Waals surface area contributed by atoms with Crippen molar-refractivity contribution in [2.45, 2.75) is 12.8 Å². The van der Waals surface area contributed by atoms with Crippen molar-refractivity contribution in [1.29, 1.82) is 0 Å². The first-order chi connectivity index (χ1) is 8.13. The molecule has 0 bridgehead atoms. The largest absolute Gasteiger partial charge is 0.344 e. The molecule has 0 aromatic heterocycles. The lowest BCUT2D eigenvalue weighted by Gasteiger charge is -2.16.